The van der Waals surface area contributed by atoms with Gasteiger partial charge in [0, 0.05) is 6.54 Å². The molecule has 0 saturated carbocycles. The SMILES string of the molecule is CC(C)(CNC(=O)CC(O)(c1nc2ccccc2s1)C(F)(F)F)C(=O)O. The molecule has 6 nitrogen and oxygen atoms in total. The zero-order valence-electron chi connectivity index (χ0n) is 13.9. The third-order valence-electron chi connectivity index (χ3n) is 3.84. The van der Waals surface area contributed by atoms with Crippen molar-refractivity contribution < 1.29 is 33.0 Å². The summed E-state index contributed by atoms with van der Waals surface area (Å²) >= 11 is 0.646. The lowest BCUT2D eigenvalue weighted by Gasteiger charge is -2.28. The summed E-state index contributed by atoms with van der Waals surface area (Å²) in [6.07, 6.45) is -6.45. The van der Waals surface area contributed by atoms with Gasteiger partial charge >= 0.3 is 12.1 Å². The lowest BCUT2D eigenvalue weighted by atomic mass is 9.93. The number of aliphatic hydroxyl groups is 1. The van der Waals surface area contributed by atoms with E-state index in [9.17, 15) is 27.9 Å². The van der Waals surface area contributed by atoms with Gasteiger partial charge in [-0.15, -0.1) is 11.3 Å². The van der Waals surface area contributed by atoms with Gasteiger partial charge in [-0.2, -0.15) is 13.2 Å². The summed E-state index contributed by atoms with van der Waals surface area (Å²) in [6.45, 7) is 2.26. The van der Waals surface area contributed by atoms with Crippen LogP contribution in [0.4, 0.5) is 13.2 Å². The number of benzene rings is 1. The summed E-state index contributed by atoms with van der Waals surface area (Å²) in [5.41, 5.74) is -4.54. The van der Waals surface area contributed by atoms with Gasteiger partial charge in [0.15, 0.2) is 0 Å². The third-order valence-corrected chi connectivity index (χ3v) is 5.03. The smallest absolute Gasteiger partial charge is 0.424 e. The third kappa shape index (κ3) is 3.96. The Labute approximate surface area is 150 Å². The van der Waals surface area contributed by atoms with E-state index >= 15 is 0 Å². The number of nitrogens with zero attached hydrogens (tertiary/aromatic N) is 1. The summed E-state index contributed by atoms with van der Waals surface area (Å²) in [7, 11) is 0. The van der Waals surface area contributed by atoms with Crippen molar-refractivity contribution in [2.45, 2.75) is 32.0 Å². The number of halogens is 3. The van der Waals surface area contributed by atoms with Crippen LogP contribution < -0.4 is 5.32 Å². The number of aromatic nitrogens is 1. The first-order chi connectivity index (χ1) is 11.9. The van der Waals surface area contributed by atoms with Crippen LogP contribution in [0.3, 0.4) is 0 Å². The first-order valence-corrected chi connectivity index (χ1v) is 8.34. The van der Waals surface area contributed by atoms with E-state index < -0.39 is 40.5 Å². The normalized spacial score (nSPS) is 14.8. The number of hydrogen-bond acceptors (Lipinski definition) is 5. The maximum Gasteiger partial charge on any atom is 0.424 e. The lowest BCUT2D eigenvalue weighted by molar-refractivity contribution is -0.267. The molecule has 2 aromatic rings. The van der Waals surface area contributed by atoms with Crippen LogP contribution in [-0.2, 0) is 15.2 Å². The minimum absolute atomic E-state index is 0.280. The second-order valence-electron chi connectivity index (χ2n) is 6.49. The van der Waals surface area contributed by atoms with Gasteiger partial charge in [-0.1, -0.05) is 12.1 Å². The van der Waals surface area contributed by atoms with Crippen LogP contribution in [0, 0.1) is 5.41 Å². The first-order valence-electron chi connectivity index (χ1n) is 7.52. The average Bonchev–Trinajstić information content (AvgIpc) is 2.96. The molecule has 0 saturated heterocycles. The van der Waals surface area contributed by atoms with Crippen LogP contribution in [0.5, 0.6) is 0 Å². The van der Waals surface area contributed by atoms with E-state index in [1.807, 2.05) is 0 Å². The fraction of sp³-hybridized carbons (Fsp3) is 0.438. The Morgan fingerprint density at radius 1 is 1.23 bits per heavy atom. The molecule has 1 amide bonds. The molecular weight excluding hydrogens is 373 g/mol. The minimum Gasteiger partial charge on any atom is -0.481 e. The molecule has 0 aliphatic heterocycles. The standard InChI is InChI=1S/C16H17F3N2O4S/c1-14(2,13(23)24)8-20-11(22)7-15(25,16(17,18)19)12-21-9-5-3-4-6-10(9)26-12/h3-6,25H,7-8H2,1-2H3,(H,20,22)(H,23,24). The summed E-state index contributed by atoms with van der Waals surface area (Å²) in [4.78, 5) is 26.8. The number of carboxylic acid groups (broad SMARTS) is 1. The minimum atomic E-state index is -5.14. The number of nitrogens with one attached hydrogen (secondary N) is 1. The number of rotatable bonds is 6. The maximum atomic E-state index is 13.5. The predicted octanol–water partition coefficient (Wildman–Crippen LogP) is 2.66. The second kappa shape index (κ2) is 6.84. The van der Waals surface area contributed by atoms with Gasteiger partial charge in [-0.05, 0) is 26.0 Å². The molecule has 10 heteroatoms. The van der Waals surface area contributed by atoms with Crippen molar-refractivity contribution in [1.82, 2.24) is 10.3 Å². The largest absolute Gasteiger partial charge is 0.481 e. The molecule has 26 heavy (non-hydrogen) atoms. The van der Waals surface area contributed by atoms with Gasteiger partial charge in [0.1, 0.15) is 5.01 Å². The summed E-state index contributed by atoms with van der Waals surface area (Å²) < 4.78 is 41.0. The molecule has 0 radical (unpaired) electrons. The Morgan fingerprint density at radius 2 is 1.85 bits per heavy atom. The maximum absolute atomic E-state index is 13.5. The number of alkyl halides is 3. The van der Waals surface area contributed by atoms with Crippen molar-refractivity contribution in [2.75, 3.05) is 6.54 Å². The Hall–Kier alpha value is -2.20. The van der Waals surface area contributed by atoms with E-state index in [2.05, 4.69) is 10.3 Å². The Bertz CT molecular complexity index is 801. The van der Waals surface area contributed by atoms with Crippen LogP contribution in [0.15, 0.2) is 24.3 Å². The fourth-order valence-corrected chi connectivity index (χ4v) is 3.11. The molecule has 1 atom stereocenters. The quantitative estimate of drug-likeness (QED) is 0.704. The highest BCUT2D eigenvalue weighted by Gasteiger charge is 2.58. The van der Waals surface area contributed by atoms with Gasteiger partial charge in [0.2, 0.25) is 11.5 Å². The molecule has 2 rings (SSSR count). The number of hydrogen-bond donors (Lipinski definition) is 3. The summed E-state index contributed by atoms with van der Waals surface area (Å²) in [5, 5.41) is 20.8. The fourth-order valence-electron chi connectivity index (χ4n) is 2.04. The number of aliphatic carboxylic acids is 1. The van der Waals surface area contributed by atoms with Gasteiger partial charge in [0.05, 0.1) is 22.1 Å². The summed E-state index contributed by atoms with van der Waals surface area (Å²) in [5.74, 6) is -2.34. The highest BCUT2D eigenvalue weighted by molar-refractivity contribution is 7.18. The van der Waals surface area contributed by atoms with Gasteiger partial charge in [-0.25, -0.2) is 4.98 Å². The Kier molecular flexibility index (Phi) is 5.29. The molecule has 1 aromatic heterocycles. The van der Waals surface area contributed by atoms with Crippen LogP contribution >= 0.6 is 11.3 Å². The molecule has 0 spiro atoms. The molecule has 0 aliphatic rings. The van der Waals surface area contributed by atoms with Crippen LogP contribution in [0.2, 0.25) is 0 Å². The van der Waals surface area contributed by atoms with Crippen molar-refractivity contribution in [3.8, 4) is 0 Å². The molecular formula is C16H17F3N2O4S. The number of fused-ring (bicyclic) bond motifs is 1. The number of thiazole rings is 1. The first kappa shape index (κ1) is 20.1. The number of amides is 1. The Morgan fingerprint density at radius 3 is 2.38 bits per heavy atom. The molecule has 1 unspecified atom stereocenters. The lowest BCUT2D eigenvalue weighted by Crippen LogP contribution is -2.47. The molecule has 3 N–H and O–H groups in total. The highest BCUT2D eigenvalue weighted by atomic mass is 32.1. The molecule has 0 fully saturated rings. The van der Waals surface area contributed by atoms with Gasteiger partial charge in [0.25, 0.3) is 0 Å². The van der Waals surface area contributed by atoms with Crippen LogP contribution in [0.1, 0.15) is 25.3 Å². The molecule has 1 aromatic carbocycles. The predicted molar refractivity (Wildman–Crippen MR) is 88.6 cm³/mol. The number of carbonyl (C=O) groups is 2. The zero-order valence-corrected chi connectivity index (χ0v) is 14.7. The summed E-state index contributed by atoms with van der Waals surface area (Å²) in [6, 6.07) is 6.28. The molecule has 1 heterocycles. The van der Waals surface area contributed by atoms with E-state index in [4.69, 9.17) is 5.11 Å². The average molecular weight is 390 g/mol. The van der Waals surface area contributed by atoms with Crippen molar-refractivity contribution in [3.63, 3.8) is 0 Å². The van der Waals surface area contributed by atoms with Crippen LogP contribution in [0.25, 0.3) is 10.2 Å². The zero-order chi connectivity index (χ0) is 19.8. The van der Waals surface area contributed by atoms with Crippen molar-refractivity contribution in [2.24, 2.45) is 5.41 Å². The van der Waals surface area contributed by atoms with Crippen molar-refractivity contribution in [3.05, 3.63) is 29.3 Å². The highest BCUT2D eigenvalue weighted by Crippen LogP contribution is 2.44. The monoisotopic (exact) mass is 390 g/mol. The number of carbonyl (C=O) groups excluding carboxylic acids is 1. The number of para-hydroxylation sites is 1. The van der Waals surface area contributed by atoms with Gasteiger partial charge in [-0.3, -0.25) is 9.59 Å². The number of carboxylic acids is 1. The topological polar surface area (TPSA) is 99.5 Å². The second-order valence-corrected chi connectivity index (χ2v) is 7.52. The van der Waals surface area contributed by atoms with E-state index in [1.165, 1.54) is 19.9 Å². The van der Waals surface area contributed by atoms with E-state index in [-0.39, 0.29) is 12.1 Å². The van der Waals surface area contributed by atoms with E-state index in [1.54, 1.807) is 18.2 Å². The van der Waals surface area contributed by atoms with Gasteiger partial charge < -0.3 is 15.5 Å². The van der Waals surface area contributed by atoms with Crippen molar-refractivity contribution >= 4 is 33.4 Å². The molecule has 0 aliphatic carbocycles. The van der Waals surface area contributed by atoms with Crippen molar-refractivity contribution in [1.29, 1.82) is 0 Å². The van der Waals surface area contributed by atoms with E-state index in [0.717, 1.165) is 0 Å². The molecule has 142 valence electrons. The van der Waals surface area contributed by atoms with E-state index in [0.29, 0.717) is 16.0 Å². The molecule has 0 bridgehead atoms. The Balaban J connectivity index is 2.27. The van der Waals surface area contributed by atoms with Crippen LogP contribution in [-0.4, -0.2) is 39.8 Å².